The average Bonchev–Trinajstić information content (AvgIpc) is 3.43. The van der Waals surface area contributed by atoms with Gasteiger partial charge in [-0.1, -0.05) is 56.7 Å². The number of halogens is 1. The molecule has 1 N–H and O–H groups in total. The van der Waals surface area contributed by atoms with Crippen LogP contribution in [0.3, 0.4) is 0 Å². The predicted molar refractivity (Wildman–Crippen MR) is 125 cm³/mol. The van der Waals surface area contributed by atoms with Crippen LogP contribution in [0.4, 0.5) is 5.69 Å². The molecule has 0 saturated carbocycles. The summed E-state index contributed by atoms with van der Waals surface area (Å²) in [5.74, 6) is -2.13. The zero-order valence-corrected chi connectivity index (χ0v) is 19.4. The Kier molecular flexibility index (Phi) is 4.99. The molecule has 3 aliphatic heterocycles. The Balaban J connectivity index is 1.35. The lowest BCUT2D eigenvalue weighted by Crippen LogP contribution is -2.48. The topological polar surface area (TPSA) is 75.7 Å². The summed E-state index contributed by atoms with van der Waals surface area (Å²) >= 11 is 5.96. The lowest BCUT2D eigenvalue weighted by Gasteiger charge is -2.29. The molecule has 3 amide bonds. The Labute approximate surface area is 197 Å². The number of benzene rings is 2. The van der Waals surface area contributed by atoms with Crippen molar-refractivity contribution in [3.05, 3.63) is 76.8 Å². The van der Waals surface area contributed by atoms with E-state index in [0.29, 0.717) is 16.3 Å². The van der Waals surface area contributed by atoms with Crippen LogP contribution < -0.4 is 10.2 Å². The zero-order valence-electron chi connectivity index (χ0n) is 18.7. The van der Waals surface area contributed by atoms with Crippen molar-refractivity contribution in [2.75, 3.05) is 11.4 Å². The molecule has 0 spiro atoms. The standard InChI is InChI=1S/C26H25ClN2O4/c1-25(2,3)16-6-4-15(5-7-16)22(30)28-14-26-13-12-19(33-26)20-21(26)24(32)29(23(20)31)18-10-8-17(27)9-11-18/h4-13,19-21H,14H2,1-3H3,(H,28,30)/t19-,20+,21+,26-/m1/s1. The van der Waals surface area contributed by atoms with Crippen LogP contribution in [0, 0.1) is 11.8 Å². The van der Waals surface area contributed by atoms with Gasteiger partial charge in [0.25, 0.3) is 5.91 Å². The second-order valence-electron chi connectivity index (χ2n) is 9.90. The monoisotopic (exact) mass is 464 g/mol. The summed E-state index contributed by atoms with van der Waals surface area (Å²) < 4.78 is 6.11. The highest BCUT2D eigenvalue weighted by atomic mass is 35.5. The first-order chi connectivity index (χ1) is 15.6. The molecule has 2 fully saturated rings. The number of rotatable bonds is 4. The largest absolute Gasteiger partial charge is 0.360 e. The number of carbonyl (C=O) groups is 3. The van der Waals surface area contributed by atoms with Gasteiger partial charge in [0.05, 0.1) is 30.2 Å². The van der Waals surface area contributed by atoms with E-state index in [1.165, 1.54) is 4.90 Å². The summed E-state index contributed by atoms with van der Waals surface area (Å²) in [4.78, 5) is 40.6. The van der Waals surface area contributed by atoms with Crippen molar-refractivity contribution in [3.8, 4) is 0 Å². The van der Waals surface area contributed by atoms with Crippen LogP contribution in [-0.4, -0.2) is 36.0 Å². The number of anilines is 1. The number of nitrogens with one attached hydrogen (secondary N) is 1. The number of fused-ring (bicyclic) bond motifs is 5. The highest BCUT2D eigenvalue weighted by Gasteiger charge is 2.67. The van der Waals surface area contributed by atoms with Gasteiger partial charge in [0.2, 0.25) is 11.8 Å². The van der Waals surface area contributed by atoms with Gasteiger partial charge in [0, 0.05) is 10.6 Å². The molecule has 170 valence electrons. The van der Waals surface area contributed by atoms with Crippen molar-refractivity contribution < 1.29 is 19.1 Å². The smallest absolute Gasteiger partial charge is 0.251 e. The predicted octanol–water partition coefficient (Wildman–Crippen LogP) is 3.88. The Morgan fingerprint density at radius 1 is 1.06 bits per heavy atom. The molecule has 4 atom stereocenters. The summed E-state index contributed by atoms with van der Waals surface area (Å²) in [7, 11) is 0. The fourth-order valence-electron chi connectivity index (χ4n) is 4.99. The highest BCUT2D eigenvalue weighted by Crippen LogP contribution is 2.52. The van der Waals surface area contributed by atoms with Crippen molar-refractivity contribution in [1.82, 2.24) is 5.32 Å². The molecule has 0 unspecified atom stereocenters. The van der Waals surface area contributed by atoms with Gasteiger partial charge in [0.1, 0.15) is 5.60 Å². The third kappa shape index (κ3) is 3.49. The molecule has 2 bridgehead atoms. The van der Waals surface area contributed by atoms with Gasteiger partial charge in [0.15, 0.2) is 0 Å². The molecule has 6 nitrogen and oxygen atoms in total. The van der Waals surface area contributed by atoms with Crippen molar-refractivity contribution in [1.29, 1.82) is 0 Å². The van der Waals surface area contributed by atoms with Crippen LogP contribution >= 0.6 is 11.6 Å². The third-order valence-corrected chi connectivity index (χ3v) is 7.03. The molecule has 7 heteroatoms. The molecular weight excluding hydrogens is 440 g/mol. The van der Waals surface area contributed by atoms with E-state index in [1.807, 2.05) is 24.3 Å². The summed E-state index contributed by atoms with van der Waals surface area (Å²) in [5.41, 5.74) is 1.11. The molecule has 3 heterocycles. The third-order valence-electron chi connectivity index (χ3n) is 6.78. The van der Waals surface area contributed by atoms with E-state index in [9.17, 15) is 14.4 Å². The molecule has 5 rings (SSSR count). The van der Waals surface area contributed by atoms with Crippen molar-refractivity contribution in [3.63, 3.8) is 0 Å². The van der Waals surface area contributed by atoms with E-state index < -0.39 is 23.5 Å². The summed E-state index contributed by atoms with van der Waals surface area (Å²) in [6.45, 7) is 6.45. The number of nitrogens with zero attached hydrogens (tertiary/aromatic N) is 1. The minimum atomic E-state index is -1.04. The number of hydrogen-bond donors (Lipinski definition) is 1. The van der Waals surface area contributed by atoms with Gasteiger partial charge < -0.3 is 10.1 Å². The molecular formula is C26H25ClN2O4. The second kappa shape index (κ2) is 7.54. The minimum absolute atomic E-state index is 0.00431. The summed E-state index contributed by atoms with van der Waals surface area (Å²) in [6, 6.07) is 14.1. The maximum absolute atomic E-state index is 13.4. The minimum Gasteiger partial charge on any atom is -0.360 e. The molecule has 33 heavy (non-hydrogen) atoms. The lowest BCUT2D eigenvalue weighted by atomic mass is 9.77. The van der Waals surface area contributed by atoms with E-state index in [1.54, 1.807) is 36.4 Å². The molecule has 2 saturated heterocycles. The Morgan fingerprint density at radius 3 is 2.36 bits per heavy atom. The van der Waals surface area contributed by atoms with Gasteiger partial charge in [-0.15, -0.1) is 0 Å². The SMILES string of the molecule is CC(C)(C)c1ccc(C(=O)NC[C@@]23C=C[C@@H](O2)[C@@H]2C(=O)N(c4ccc(Cl)cc4)C(=O)[C@H]23)cc1. The summed E-state index contributed by atoms with van der Waals surface area (Å²) in [6.07, 6.45) is 3.16. The van der Waals surface area contributed by atoms with Crippen LogP contribution in [0.2, 0.25) is 5.02 Å². The molecule has 2 aromatic carbocycles. The van der Waals surface area contributed by atoms with E-state index in [2.05, 4.69) is 26.1 Å². The molecule has 0 radical (unpaired) electrons. The first-order valence-electron chi connectivity index (χ1n) is 11.0. The van der Waals surface area contributed by atoms with Gasteiger partial charge in [-0.25, -0.2) is 4.90 Å². The lowest BCUT2D eigenvalue weighted by molar-refractivity contribution is -0.126. The number of ether oxygens (including phenoxy) is 1. The van der Waals surface area contributed by atoms with Crippen molar-refractivity contribution in [2.45, 2.75) is 37.9 Å². The van der Waals surface area contributed by atoms with Crippen LogP contribution in [0.1, 0.15) is 36.7 Å². The van der Waals surface area contributed by atoms with Crippen molar-refractivity contribution >= 4 is 35.0 Å². The number of hydrogen-bond acceptors (Lipinski definition) is 4. The van der Waals surface area contributed by atoms with E-state index in [4.69, 9.17) is 16.3 Å². The molecule has 2 aromatic rings. The molecule has 3 aliphatic rings. The Bertz CT molecular complexity index is 1170. The molecule has 0 aliphatic carbocycles. The van der Waals surface area contributed by atoms with E-state index in [0.717, 1.165) is 5.56 Å². The van der Waals surface area contributed by atoms with Crippen LogP contribution in [-0.2, 0) is 19.7 Å². The maximum Gasteiger partial charge on any atom is 0.251 e. The first kappa shape index (κ1) is 21.9. The van der Waals surface area contributed by atoms with E-state index >= 15 is 0 Å². The number of carbonyl (C=O) groups excluding carboxylic acids is 3. The first-order valence-corrected chi connectivity index (χ1v) is 11.4. The summed E-state index contributed by atoms with van der Waals surface area (Å²) in [5, 5.41) is 3.44. The van der Waals surface area contributed by atoms with Crippen LogP contribution in [0.25, 0.3) is 0 Å². The van der Waals surface area contributed by atoms with Gasteiger partial charge in [-0.2, -0.15) is 0 Å². The van der Waals surface area contributed by atoms with Crippen LogP contribution in [0.15, 0.2) is 60.7 Å². The van der Waals surface area contributed by atoms with Crippen LogP contribution in [0.5, 0.6) is 0 Å². The fourth-order valence-corrected chi connectivity index (χ4v) is 5.12. The Hall–Kier alpha value is -2.96. The van der Waals surface area contributed by atoms with E-state index in [-0.39, 0.29) is 29.7 Å². The second-order valence-corrected chi connectivity index (χ2v) is 10.3. The van der Waals surface area contributed by atoms with Crippen molar-refractivity contribution in [2.24, 2.45) is 11.8 Å². The molecule has 0 aromatic heterocycles. The number of amides is 3. The van der Waals surface area contributed by atoms with Gasteiger partial charge in [-0.3, -0.25) is 14.4 Å². The number of imide groups is 1. The maximum atomic E-state index is 13.4. The zero-order chi connectivity index (χ0) is 23.5. The highest BCUT2D eigenvalue weighted by molar-refractivity contribution is 6.31. The fraction of sp³-hybridized carbons (Fsp3) is 0.346. The van der Waals surface area contributed by atoms with Gasteiger partial charge >= 0.3 is 0 Å². The average molecular weight is 465 g/mol. The Morgan fingerprint density at radius 2 is 1.73 bits per heavy atom. The van der Waals surface area contributed by atoms with Gasteiger partial charge in [-0.05, 0) is 47.4 Å². The quantitative estimate of drug-likeness (QED) is 0.550. The normalized spacial score (nSPS) is 27.9.